The maximum atomic E-state index is 13.4. The van der Waals surface area contributed by atoms with Gasteiger partial charge in [0, 0.05) is 23.1 Å². The summed E-state index contributed by atoms with van der Waals surface area (Å²) < 4.78 is 5.42. The fourth-order valence-corrected chi connectivity index (χ4v) is 3.81. The highest BCUT2D eigenvalue weighted by Gasteiger charge is 2.43. The van der Waals surface area contributed by atoms with E-state index in [1.807, 2.05) is 11.8 Å². The minimum absolute atomic E-state index is 0.345. The number of amides is 2. The number of hydrogen-bond acceptors (Lipinski definition) is 4. The number of imide groups is 1. The first-order chi connectivity index (χ1) is 13.5. The van der Waals surface area contributed by atoms with Crippen LogP contribution in [0.15, 0.2) is 48.2 Å². The van der Waals surface area contributed by atoms with Gasteiger partial charge in [-0.1, -0.05) is 41.4 Å². The van der Waals surface area contributed by atoms with E-state index in [0.29, 0.717) is 58.9 Å². The largest absolute Gasteiger partial charge is 0.378 e. The molecule has 0 saturated carbocycles. The van der Waals surface area contributed by atoms with Crippen LogP contribution in [0.1, 0.15) is 11.1 Å². The summed E-state index contributed by atoms with van der Waals surface area (Å²) in [5.74, 6) is -0.707. The molecule has 0 N–H and O–H groups in total. The topological polar surface area (TPSA) is 49.9 Å². The molecule has 2 heterocycles. The smallest absolute Gasteiger partial charge is 0.282 e. The predicted octanol–water partition coefficient (Wildman–Crippen LogP) is 3.92. The number of aryl methyl sites for hydroxylation is 1. The molecule has 0 aliphatic carbocycles. The van der Waals surface area contributed by atoms with E-state index < -0.39 is 0 Å². The standard InChI is InChI=1S/C21H18Cl2N2O3/c1-13-2-5-16(23)12-17(13)25-20(26)18(14-3-6-15(22)7-4-14)19(21(25)27)24-8-10-28-11-9-24/h2-7,12H,8-11H2,1H3. The van der Waals surface area contributed by atoms with Crippen LogP contribution in [0.25, 0.3) is 5.57 Å². The molecule has 2 aromatic carbocycles. The lowest BCUT2D eigenvalue weighted by atomic mass is 10.0. The van der Waals surface area contributed by atoms with Gasteiger partial charge in [-0.05, 0) is 42.3 Å². The predicted molar refractivity (Wildman–Crippen MR) is 109 cm³/mol. The molecule has 1 saturated heterocycles. The van der Waals surface area contributed by atoms with Crippen molar-refractivity contribution in [2.45, 2.75) is 6.92 Å². The van der Waals surface area contributed by atoms with Crippen LogP contribution in [0.4, 0.5) is 5.69 Å². The summed E-state index contributed by atoms with van der Waals surface area (Å²) in [6, 6.07) is 12.1. The van der Waals surface area contributed by atoms with Crippen LogP contribution in [-0.4, -0.2) is 43.0 Å². The van der Waals surface area contributed by atoms with Crippen molar-refractivity contribution in [1.82, 2.24) is 4.90 Å². The first kappa shape index (κ1) is 19.0. The van der Waals surface area contributed by atoms with Crippen LogP contribution in [-0.2, 0) is 14.3 Å². The van der Waals surface area contributed by atoms with Gasteiger partial charge in [0.2, 0.25) is 0 Å². The molecule has 0 radical (unpaired) electrons. The molecule has 2 aliphatic heterocycles. The van der Waals surface area contributed by atoms with E-state index in [1.165, 1.54) is 4.90 Å². The lowest BCUT2D eigenvalue weighted by molar-refractivity contribution is -0.121. The van der Waals surface area contributed by atoms with Crippen molar-refractivity contribution in [3.63, 3.8) is 0 Å². The van der Waals surface area contributed by atoms with Crippen molar-refractivity contribution < 1.29 is 14.3 Å². The molecule has 0 aromatic heterocycles. The minimum Gasteiger partial charge on any atom is -0.378 e. The number of nitrogens with zero attached hydrogens (tertiary/aromatic N) is 2. The minimum atomic E-state index is -0.362. The second-order valence-corrected chi connectivity index (χ2v) is 7.58. The normalized spacial score (nSPS) is 17.7. The Labute approximate surface area is 173 Å². The molecule has 1 fully saturated rings. The van der Waals surface area contributed by atoms with Crippen molar-refractivity contribution in [2.24, 2.45) is 0 Å². The third-order valence-corrected chi connectivity index (χ3v) is 5.42. The summed E-state index contributed by atoms with van der Waals surface area (Å²) in [5.41, 5.74) is 2.73. The number of ether oxygens (including phenoxy) is 1. The Bertz CT molecular complexity index is 980. The van der Waals surface area contributed by atoms with Gasteiger partial charge in [0.15, 0.2) is 0 Å². The molecule has 0 unspecified atom stereocenters. The molecule has 0 atom stereocenters. The maximum absolute atomic E-state index is 13.4. The Balaban J connectivity index is 1.85. The first-order valence-electron chi connectivity index (χ1n) is 8.95. The highest BCUT2D eigenvalue weighted by atomic mass is 35.5. The molecule has 0 bridgehead atoms. The third-order valence-electron chi connectivity index (χ3n) is 4.93. The summed E-state index contributed by atoms with van der Waals surface area (Å²) in [6.45, 7) is 3.96. The second kappa shape index (κ2) is 7.59. The number of anilines is 1. The van der Waals surface area contributed by atoms with Gasteiger partial charge in [-0.3, -0.25) is 9.59 Å². The van der Waals surface area contributed by atoms with Gasteiger partial charge in [0.25, 0.3) is 11.8 Å². The summed E-state index contributed by atoms with van der Waals surface area (Å²) in [5, 5.41) is 1.03. The molecule has 2 amide bonds. The average Bonchev–Trinajstić information content (AvgIpc) is 2.95. The quantitative estimate of drug-likeness (QED) is 0.711. The molecular formula is C21H18Cl2N2O3. The van der Waals surface area contributed by atoms with Gasteiger partial charge in [0.1, 0.15) is 5.70 Å². The van der Waals surface area contributed by atoms with Gasteiger partial charge < -0.3 is 9.64 Å². The van der Waals surface area contributed by atoms with E-state index >= 15 is 0 Å². The molecule has 0 spiro atoms. The molecule has 4 rings (SSSR count). The molecule has 7 heteroatoms. The maximum Gasteiger partial charge on any atom is 0.282 e. The first-order valence-corrected chi connectivity index (χ1v) is 9.71. The average molecular weight is 417 g/mol. The number of benzene rings is 2. The van der Waals surface area contributed by atoms with Crippen molar-refractivity contribution in [1.29, 1.82) is 0 Å². The molecule has 2 aliphatic rings. The van der Waals surface area contributed by atoms with E-state index in [1.54, 1.807) is 42.5 Å². The zero-order chi connectivity index (χ0) is 19.8. The van der Waals surface area contributed by atoms with Gasteiger partial charge in [-0.25, -0.2) is 4.90 Å². The molecule has 5 nitrogen and oxygen atoms in total. The van der Waals surface area contributed by atoms with Crippen molar-refractivity contribution in [2.75, 3.05) is 31.2 Å². The lowest BCUT2D eigenvalue weighted by Gasteiger charge is -2.29. The van der Waals surface area contributed by atoms with E-state index in [0.717, 1.165) is 5.56 Å². The summed E-state index contributed by atoms with van der Waals surface area (Å²) in [6.07, 6.45) is 0. The van der Waals surface area contributed by atoms with E-state index in [9.17, 15) is 9.59 Å². The lowest BCUT2D eigenvalue weighted by Crippen LogP contribution is -2.40. The van der Waals surface area contributed by atoms with Gasteiger partial charge >= 0.3 is 0 Å². The number of morpholine rings is 1. The van der Waals surface area contributed by atoms with Crippen LogP contribution < -0.4 is 4.90 Å². The van der Waals surface area contributed by atoms with Crippen LogP contribution >= 0.6 is 23.2 Å². The molecule has 28 heavy (non-hydrogen) atoms. The monoisotopic (exact) mass is 416 g/mol. The summed E-state index contributed by atoms with van der Waals surface area (Å²) in [7, 11) is 0. The highest BCUT2D eigenvalue weighted by Crippen LogP contribution is 2.37. The van der Waals surface area contributed by atoms with Gasteiger partial charge in [0.05, 0.1) is 24.5 Å². The van der Waals surface area contributed by atoms with E-state index in [4.69, 9.17) is 27.9 Å². The second-order valence-electron chi connectivity index (χ2n) is 6.71. The van der Waals surface area contributed by atoms with Crippen molar-refractivity contribution >= 4 is 46.3 Å². The number of carbonyl (C=O) groups excluding carboxylic acids is 2. The third kappa shape index (κ3) is 3.30. The Morgan fingerprint density at radius 2 is 1.54 bits per heavy atom. The molecular weight excluding hydrogens is 399 g/mol. The van der Waals surface area contributed by atoms with Crippen molar-refractivity contribution in [3.8, 4) is 0 Å². The highest BCUT2D eigenvalue weighted by molar-refractivity contribution is 6.46. The summed E-state index contributed by atoms with van der Waals surface area (Å²) in [4.78, 5) is 30.0. The number of carbonyl (C=O) groups is 2. The van der Waals surface area contributed by atoms with Crippen LogP contribution in [0.3, 0.4) is 0 Å². The van der Waals surface area contributed by atoms with E-state index in [2.05, 4.69) is 0 Å². The van der Waals surface area contributed by atoms with Gasteiger partial charge in [-0.15, -0.1) is 0 Å². The van der Waals surface area contributed by atoms with Crippen LogP contribution in [0, 0.1) is 6.92 Å². The fourth-order valence-electron chi connectivity index (χ4n) is 3.52. The Morgan fingerprint density at radius 3 is 2.21 bits per heavy atom. The van der Waals surface area contributed by atoms with Gasteiger partial charge in [-0.2, -0.15) is 0 Å². The molecule has 144 valence electrons. The number of halogens is 2. The van der Waals surface area contributed by atoms with Crippen LogP contribution in [0.2, 0.25) is 10.0 Å². The SMILES string of the molecule is Cc1ccc(Cl)cc1N1C(=O)C(c2ccc(Cl)cc2)=C(N2CCOCC2)C1=O. The van der Waals surface area contributed by atoms with Crippen molar-refractivity contribution in [3.05, 3.63) is 69.3 Å². The molecule has 2 aromatic rings. The Kier molecular flexibility index (Phi) is 5.15. The number of hydrogen-bond donors (Lipinski definition) is 0. The fraction of sp³-hybridized carbons (Fsp3) is 0.238. The van der Waals surface area contributed by atoms with E-state index in [-0.39, 0.29) is 11.8 Å². The summed E-state index contributed by atoms with van der Waals surface area (Å²) >= 11 is 12.2. The zero-order valence-corrected chi connectivity index (χ0v) is 16.8. The number of rotatable bonds is 3. The zero-order valence-electron chi connectivity index (χ0n) is 15.2. The Morgan fingerprint density at radius 1 is 0.893 bits per heavy atom. The van der Waals surface area contributed by atoms with Crippen LogP contribution in [0.5, 0.6) is 0 Å². The Hall–Kier alpha value is -2.34.